The third-order valence-corrected chi connectivity index (χ3v) is 4.78. The van der Waals surface area contributed by atoms with E-state index in [1.807, 2.05) is 24.4 Å². The van der Waals surface area contributed by atoms with Crippen molar-refractivity contribution in [2.45, 2.75) is 19.3 Å². The summed E-state index contributed by atoms with van der Waals surface area (Å²) >= 11 is 1.63. The molecule has 1 aliphatic rings. The predicted molar refractivity (Wildman–Crippen MR) is 91.0 cm³/mol. The van der Waals surface area contributed by atoms with Gasteiger partial charge in [0.05, 0.1) is 22.6 Å². The Balaban J connectivity index is 1.57. The summed E-state index contributed by atoms with van der Waals surface area (Å²) in [5, 5.41) is 4.13. The van der Waals surface area contributed by atoms with Crippen molar-refractivity contribution in [3.05, 3.63) is 36.7 Å². The SMILES string of the molecule is c1ccc2sc(Nc3cncc(N4CCCCC4)n3)nc2c1. The lowest BCUT2D eigenvalue weighted by Gasteiger charge is -2.27. The topological polar surface area (TPSA) is 53.9 Å². The number of nitrogens with zero attached hydrogens (tertiary/aromatic N) is 4. The zero-order valence-electron chi connectivity index (χ0n) is 12.2. The standard InChI is InChI=1S/C16H17N5S/c1-4-8-21(9-5-1)15-11-17-10-14(19-15)20-16-18-12-6-2-3-7-13(12)22-16/h2-3,6-7,10-11H,1,4-5,8-9H2,(H,18,19,20). The zero-order valence-corrected chi connectivity index (χ0v) is 13.0. The highest BCUT2D eigenvalue weighted by molar-refractivity contribution is 7.22. The van der Waals surface area contributed by atoms with Crippen LogP contribution in [-0.2, 0) is 0 Å². The Kier molecular flexibility index (Phi) is 3.60. The highest BCUT2D eigenvalue weighted by Gasteiger charge is 2.13. The molecule has 1 aliphatic heterocycles. The summed E-state index contributed by atoms with van der Waals surface area (Å²) in [5.41, 5.74) is 1.01. The summed E-state index contributed by atoms with van der Waals surface area (Å²) in [6.45, 7) is 2.14. The zero-order chi connectivity index (χ0) is 14.8. The molecule has 0 atom stereocenters. The van der Waals surface area contributed by atoms with Crippen molar-refractivity contribution in [2.24, 2.45) is 0 Å². The van der Waals surface area contributed by atoms with Gasteiger partial charge in [0.25, 0.3) is 0 Å². The molecule has 1 N–H and O–H groups in total. The number of rotatable bonds is 3. The van der Waals surface area contributed by atoms with Gasteiger partial charge in [-0.15, -0.1) is 0 Å². The van der Waals surface area contributed by atoms with Gasteiger partial charge in [-0.3, -0.25) is 4.98 Å². The third kappa shape index (κ3) is 2.74. The van der Waals surface area contributed by atoms with Crippen LogP contribution in [0.3, 0.4) is 0 Å². The lowest BCUT2D eigenvalue weighted by atomic mass is 10.1. The van der Waals surface area contributed by atoms with Crippen LogP contribution < -0.4 is 10.2 Å². The molecular formula is C16H17N5S. The van der Waals surface area contributed by atoms with Gasteiger partial charge in [-0.1, -0.05) is 23.5 Å². The van der Waals surface area contributed by atoms with Crippen molar-refractivity contribution in [3.63, 3.8) is 0 Å². The molecule has 0 aliphatic carbocycles. The first-order valence-electron chi connectivity index (χ1n) is 7.58. The molecule has 2 aromatic heterocycles. The fourth-order valence-electron chi connectivity index (χ4n) is 2.73. The summed E-state index contributed by atoms with van der Waals surface area (Å²) in [4.78, 5) is 15.9. The van der Waals surface area contributed by atoms with Gasteiger partial charge >= 0.3 is 0 Å². The summed E-state index contributed by atoms with van der Waals surface area (Å²) in [5.74, 6) is 1.70. The maximum atomic E-state index is 4.68. The number of hydrogen-bond donors (Lipinski definition) is 1. The van der Waals surface area contributed by atoms with Crippen molar-refractivity contribution in [1.29, 1.82) is 0 Å². The molecular weight excluding hydrogens is 294 g/mol. The highest BCUT2D eigenvalue weighted by atomic mass is 32.1. The first-order valence-corrected chi connectivity index (χ1v) is 8.40. The van der Waals surface area contributed by atoms with Gasteiger partial charge in [0.1, 0.15) is 5.82 Å². The van der Waals surface area contributed by atoms with E-state index in [0.29, 0.717) is 0 Å². The van der Waals surface area contributed by atoms with Crippen LogP contribution in [0.25, 0.3) is 10.2 Å². The molecule has 1 fully saturated rings. The molecule has 0 unspecified atom stereocenters. The summed E-state index contributed by atoms with van der Waals surface area (Å²) in [7, 11) is 0. The Hall–Kier alpha value is -2.21. The molecule has 3 heterocycles. The van der Waals surface area contributed by atoms with E-state index in [2.05, 4.69) is 31.2 Å². The van der Waals surface area contributed by atoms with Gasteiger partial charge < -0.3 is 10.2 Å². The number of piperidine rings is 1. The predicted octanol–water partition coefficient (Wildman–Crippen LogP) is 3.82. The van der Waals surface area contributed by atoms with Crippen molar-refractivity contribution < 1.29 is 0 Å². The van der Waals surface area contributed by atoms with Crippen LogP contribution in [0.5, 0.6) is 0 Å². The Morgan fingerprint density at radius 1 is 1.00 bits per heavy atom. The van der Waals surface area contributed by atoms with E-state index in [4.69, 9.17) is 0 Å². The third-order valence-electron chi connectivity index (χ3n) is 3.83. The van der Waals surface area contributed by atoms with Gasteiger partial charge in [0.15, 0.2) is 10.9 Å². The first-order chi connectivity index (χ1) is 10.9. The minimum Gasteiger partial charge on any atom is -0.355 e. The Bertz CT molecular complexity index is 746. The van der Waals surface area contributed by atoms with Crippen LogP contribution in [0.2, 0.25) is 0 Å². The normalized spacial score (nSPS) is 15.2. The fraction of sp³-hybridized carbons (Fsp3) is 0.312. The van der Waals surface area contributed by atoms with Gasteiger partial charge in [0.2, 0.25) is 0 Å². The van der Waals surface area contributed by atoms with Crippen molar-refractivity contribution >= 4 is 38.3 Å². The number of benzene rings is 1. The molecule has 0 spiro atoms. The smallest absolute Gasteiger partial charge is 0.189 e. The number of para-hydroxylation sites is 1. The second-order valence-corrected chi connectivity index (χ2v) is 6.45. The van der Waals surface area contributed by atoms with Gasteiger partial charge in [-0.2, -0.15) is 0 Å². The molecule has 5 nitrogen and oxygen atoms in total. The monoisotopic (exact) mass is 311 g/mol. The van der Waals surface area contributed by atoms with Crippen molar-refractivity contribution in [3.8, 4) is 0 Å². The number of hydrogen-bond acceptors (Lipinski definition) is 6. The molecule has 0 saturated carbocycles. The summed E-state index contributed by atoms with van der Waals surface area (Å²) in [6, 6.07) is 8.13. The van der Waals surface area contributed by atoms with Crippen molar-refractivity contribution in [1.82, 2.24) is 15.0 Å². The lowest BCUT2D eigenvalue weighted by Crippen LogP contribution is -2.30. The number of aromatic nitrogens is 3. The Morgan fingerprint density at radius 3 is 2.73 bits per heavy atom. The molecule has 0 radical (unpaired) electrons. The molecule has 4 rings (SSSR count). The Morgan fingerprint density at radius 2 is 1.86 bits per heavy atom. The number of nitrogens with one attached hydrogen (secondary N) is 1. The van der Waals surface area contributed by atoms with Crippen LogP contribution in [0.15, 0.2) is 36.7 Å². The summed E-state index contributed by atoms with van der Waals surface area (Å²) in [6.07, 6.45) is 7.37. The second kappa shape index (κ2) is 5.88. The van der Waals surface area contributed by atoms with Crippen molar-refractivity contribution in [2.75, 3.05) is 23.3 Å². The Labute approximate surface area is 133 Å². The summed E-state index contributed by atoms with van der Waals surface area (Å²) < 4.78 is 1.17. The lowest BCUT2D eigenvalue weighted by molar-refractivity contribution is 0.573. The van der Waals surface area contributed by atoms with E-state index in [-0.39, 0.29) is 0 Å². The minimum atomic E-state index is 0.752. The van der Waals surface area contributed by atoms with Crippen LogP contribution in [0.1, 0.15) is 19.3 Å². The molecule has 22 heavy (non-hydrogen) atoms. The molecule has 1 aromatic carbocycles. The number of fused-ring (bicyclic) bond motifs is 1. The van der Waals surface area contributed by atoms with Gasteiger partial charge in [-0.05, 0) is 31.4 Å². The average molecular weight is 311 g/mol. The first kappa shape index (κ1) is 13.5. The van der Waals surface area contributed by atoms with E-state index in [1.54, 1.807) is 17.5 Å². The molecule has 6 heteroatoms. The van der Waals surface area contributed by atoms with Gasteiger partial charge in [0, 0.05) is 13.1 Å². The van der Waals surface area contributed by atoms with Crippen LogP contribution >= 0.6 is 11.3 Å². The highest BCUT2D eigenvalue weighted by Crippen LogP contribution is 2.28. The quantitative estimate of drug-likeness (QED) is 0.797. The van der Waals surface area contributed by atoms with E-state index in [0.717, 1.165) is 35.4 Å². The molecule has 1 saturated heterocycles. The van der Waals surface area contributed by atoms with E-state index < -0.39 is 0 Å². The molecule has 0 amide bonds. The minimum absolute atomic E-state index is 0.752. The molecule has 0 bridgehead atoms. The molecule has 3 aromatic rings. The van der Waals surface area contributed by atoms with Crippen LogP contribution in [0, 0.1) is 0 Å². The van der Waals surface area contributed by atoms with E-state index >= 15 is 0 Å². The van der Waals surface area contributed by atoms with E-state index in [9.17, 15) is 0 Å². The van der Waals surface area contributed by atoms with Crippen LogP contribution in [0.4, 0.5) is 16.8 Å². The fourth-order valence-corrected chi connectivity index (χ4v) is 3.60. The maximum Gasteiger partial charge on any atom is 0.189 e. The number of thiazole rings is 1. The molecule has 112 valence electrons. The largest absolute Gasteiger partial charge is 0.355 e. The maximum absolute atomic E-state index is 4.68. The van der Waals surface area contributed by atoms with Crippen LogP contribution in [-0.4, -0.2) is 28.0 Å². The average Bonchev–Trinajstić information content (AvgIpc) is 2.98. The second-order valence-electron chi connectivity index (χ2n) is 5.42. The van der Waals surface area contributed by atoms with E-state index in [1.165, 1.54) is 24.0 Å². The van der Waals surface area contributed by atoms with Gasteiger partial charge in [-0.25, -0.2) is 9.97 Å². The number of anilines is 3.